The molecule has 0 saturated carbocycles. The van der Waals surface area contributed by atoms with Gasteiger partial charge >= 0.3 is 0 Å². The van der Waals surface area contributed by atoms with Crippen molar-refractivity contribution in [3.63, 3.8) is 0 Å². The molecule has 0 spiro atoms. The number of fused-ring (bicyclic) bond motifs is 1. The van der Waals surface area contributed by atoms with Gasteiger partial charge in [-0.1, -0.05) is 17.7 Å². The summed E-state index contributed by atoms with van der Waals surface area (Å²) in [7, 11) is 1.65. The number of nitrogens with one attached hydrogen (secondary N) is 1. The summed E-state index contributed by atoms with van der Waals surface area (Å²) in [6.07, 6.45) is 0.711. The Morgan fingerprint density at radius 3 is 3.09 bits per heavy atom. The molecule has 22 heavy (non-hydrogen) atoms. The zero-order chi connectivity index (χ0) is 15.5. The third-order valence-electron chi connectivity index (χ3n) is 3.16. The highest BCUT2D eigenvalue weighted by Crippen LogP contribution is 2.41. The molecule has 4 nitrogen and oxygen atoms in total. The molecule has 0 bridgehead atoms. The number of nitrogens with zero attached hydrogens (tertiary/aromatic N) is 1. The molecule has 0 saturated heterocycles. The number of methoxy groups -OCH3 is 1. The molecular formula is C14H16ClN3OS3. The number of halogens is 1. The minimum absolute atomic E-state index is 0.0449. The van der Waals surface area contributed by atoms with Crippen LogP contribution in [0.3, 0.4) is 0 Å². The lowest BCUT2D eigenvalue weighted by molar-refractivity contribution is 0.180. The van der Waals surface area contributed by atoms with Gasteiger partial charge in [0.05, 0.1) is 22.9 Å². The van der Waals surface area contributed by atoms with Gasteiger partial charge in [-0.05, 0) is 23.0 Å². The van der Waals surface area contributed by atoms with Crippen molar-refractivity contribution in [1.82, 2.24) is 4.37 Å². The summed E-state index contributed by atoms with van der Waals surface area (Å²) < 4.78 is 10.7. The number of anilines is 1. The molecule has 0 aliphatic carbocycles. The van der Waals surface area contributed by atoms with Gasteiger partial charge in [-0.2, -0.15) is 4.37 Å². The van der Waals surface area contributed by atoms with Gasteiger partial charge < -0.3 is 15.8 Å². The van der Waals surface area contributed by atoms with E-state index in [1.54, 1.807) is 29.8 Å². The van der Waals surface area contributed by atoms with Crippen molar-refractivity contribution < 1.29 is 4.74 Å². The van der Waals surface area contributed by atoms with E-state index in [0.29, 0.717) is 13.0 Å². The van der Waals surface area contributed by atoms with Crippen LogP contribution in [0.1, 0.15) is 9.75 Å². The average Bonchev–Trinajstić information content (AvgIpc) is 3.18. The highest BCUT2D eigenvalue weighted by molar-refractivity contribution is 7.25. The molecule has 3 aromatic heterocycles. The summed E-state index contributed by atoms with van der Waals surface area (Å²) in [6.45, 7) is 1.33. The second kappa shape index (κ2) is 7.25. The highest BCUT2D eigenvalue weighted by Gasteiger charge is 2.18. The number of hydrogen-bond acceptors (Lipinski definition) is 7. The Balaban J connectivity index is 1.78. The van der Waals surface area contributed by atoms with Gasteiger partial charge in [0.15, 0.2) is 0 Å². The van der Waals surface area contributed by atoms with E-state index in [9.17, 15) is 0 Å². The van der Waals surface area contributed by atoms with E-state index in [0.717, 1.165) is 31.7 Å². The van der Waals surface area contributed by atoms with E-state index >= 15 is 0 Å². The highest BCUT2D eigenvalue weighted by atomic mass is 35.5. The fourth-order valence-electron chi connectivity index (χ4n) is 2.15. The van der Waals surface area contributed by atoms with Gasteiger partial charge in [0.2, 0.25) is 0 Å². The smallest absolute Gasteiger partial charge is 0.127 e. The minimum Gasteiger partial charge on any atom is -0.383 e. The normalized spacial score (nSPS) is 12.9. The molecule has 0 fully saturated rings. The first kappa shape index (κ1) is 16.2. The maximum atomic E-state index is 6.45. The standard InChI is InChI=1S/C14H16ClN3OS3/c1-19-7-8(16)5-10-11(15)12-13(21-10)14(22-18-12)17-6-9-3-2-4-20-9/h2-4,8,17H,5-7,16H2,1H3/t8-/m1/s1. The Hall–Kier alpha value is -0.700. The van der Waals surface area contributed by atoms with Crippen LogP contribution in [-0.2, 0) is 17.7 Å². The molecule has 3 N–H and O–H groups in total. The van der Waals surface area contributed by atoms with Crippen molar-refractivity contribution in [2.24, 2.45) is 5.73 Å². The summed E-state index contributed by atoms with van der Waals surface area (Å²) in [5.41, 5.74) is 6.91. The maximum Gasteiger partial charge on any atom is 0.127 e. The third kappa shape index (κ3) is 3.45. The Morgan fingerprint density at radius 1 is 1.50 bits per heavy atom. The second-order valence-electron chi connectivity index (χ2n) is 4.88. The summed E-state index contributed by atoms with van der Waals surface area (Å²) in [4.78, 5) is 2.38. The van der Waals surface area contributed by atoms with E-state index in [1.165, 1.54) is 16.4 Å². The number of aromatic nitrogens is 1. The number of hydrogen-bond donors (Lipinski definition) is 2. The molecule has 0 unspecified atom stereocenters. The molecule has 3 rings (SSSR count). The molecule has 0 aliphatic rings. The Morgan fingerprint density at radius 2 is 2.36 bits per heavy atom. The molecular weight excluding hydrogens is 358 g/mol. The van der Waals surface area contributed by atoms with Crippen LogP contribution in [0, 0.1) is 0 Å². The number of thiophene rings is 2. The van der Waals surface area contributed by atoms with Crippen LogP contribution in [0.2, 0.25) is 5.02 Å². The largest absolute Gasteiger partial charge is 0.383 e. The molecule has 0 amide bonds. The number of nitrogens with two attached hydrogens (primary N) is 1. The van der Waals surface area contributed by atoms with E-state index in [-0.39, 0.29) is 6.04 Å². The van der Waals surface area contributed by atoms with E-state index in [4.69, 9.17) is 22.1 Å². The fraction of sp³-hybridized carbons (Fsp3) is 0.357. The SMILES string of the molecule is COC[C@H](N)Cc1sc2c(NCc3cccs3)snc2c1Cl. The van der Waals surface area contributed by atoms with Crippen LogP contribution in [-0.4, -0.2) is 24.1 Å². The lowest BCUT2D eigenvalue weighted by Crippen LogP contribution is -2.27. The predicted molar refractivity (Wildman–Crippen MR) is 97.7 cm³/mol. The quantitative estimate of drug-likeness (QED) is 0.651. The predicted octanol–water partition coefficient (Wildman–Crippen LogP) is 4.20. The van der Waals surface area contributed by atoms with Crippen molar-refractivity contribution in [1.29, 1.82) is 0 Å². The monoisotopic (exact) mass is 373 g/mol. The topological polar surface area (TPSA) is 60.2 Å². The Bertz CT molecular complexity index is 738. The molecule has 1 atom stereocenters. The van der Waals surface area contributed by atoms with Crippen molar-refractivity contribution in [3.05, 3.63) is 32.3 Å². The Labute approximate surface area is 146 Å². The van der Waals surface area contributed by atoms with Gasteiger partial charge in [-0.15, -0.1) is 22.7 Å². The first-order valence-electron chi connectivity index (χ1n) is 6.76. The van der Waals surface area contributed by atoms with Gasteiger partial charge in [0.25, 0.3) is 0 Å². The molecule has 3 heterocycles. The third-order valence-corrected chi connectivity index (χ3v) is 6.71. The van der Waals surface area contributed by atoms with Crippen molar-refractivity contribution in [2.75, 3.05) is 19.0 Å². The summed E-state index contributed by atoms with van der Waals surface area (Å²) in [6, 6.07) is 4.13. The van der Waals surface area contributed by atoms with Crippen molar-refractivity contribution >= 4 is 61.0 Å². The van der Waals surface area contributed by atoms with Gasteiger partial charge in [-0.25, -0.2) is 0 Å². The molecule has 0 aliphatic heterocycles. The van der Waals surface area contributed by atoms with Crippen LogP contribution < -0.4 is 11.1 Å². The summed E-state index contributed by atoms with van der Waals surface area (Å²) in [5, 5.41) is 7.33. The second-order valence-corrected chi connectivity index (χ2v) is 8.17. The van der Waals surface area contributed by atoms with Crippen molar-refractivity contribution in [2.45, 2.75) is 19.0 Å². The average molecular weight is 374 g/mol. The molecule has 8 heteroatoms. The fourth-order valence-corrected chi connectivity index (χ4v) is 5.35. The van der Waals surface area contributed by atoms with Crippen LogP contribution in [0.15, 0.2) is 17.5 Å². The summed E-state index contributed by atoms with van der Waals surface area (Å²) in [5.74, 6) is 0. The number of ether oxygens (including phenoxy) is 1. The zero-order valence-corrected chi connectivity index (χ0v) is 15.2. The van der Waals surface area contributed by atoms with Gasteiger partial charge in [0.1, 0.15) is 10.5 Å². The minimum atomic E-state index is -0.0449. The van der Waals surface area contributed by atoms with Crippen LogP contribution in [0.5, 0.6) is 0 Å². The van der Waals surface area contributed by atoms with E-state index in [2.05, 4.69) is 27.2 Å². The first-order chi connectivity index (χ1) is 10.7. The molecule has 0 aromatic carbocycles. The van der Waals surface area contributed by atoms with Crippen LogP contribution in [0.4, 0.5) is 5.00 Å². The molecule has 0 radical (unpaired) electrons. The van der Waals surface area contributed by atoms with Crippen LogP contribution >= 0.6 is 45.8 Å². The lowest BCUT2D eigenvalue weighted by atomic mass is 10.2. The zero-order valence-electron chi connectivity index (χ0n) is 12.0. The van der Waals surface area contributed by atoms with Crippen LogP contribution in [0.25, 0.3) is 10.2 Å². The number of rotatable bonds is 7. The van der Waals surface area contributed by atoms with Gasteiger partial charge in [0, 0.05) is 29.3 Å². The summed E-state index contributed by atoms with van der Waals surface area (Å²) >= 11 is 11.3. The van der Waals surface area contributed by atoms with Crippen molar-refractivity contribution in [3.8, 4) is 0 Å². The molecule has 118 valence electrons. The first-order valence-corrected chi connectivity index (χ1v) is 9.61. The Kier molecular flexibility index (Phi) is 5.33. The van der Waals surface area contributed by atoms with E-state index < -0.39 is 0 Å². The molecule has 3 aromatic rings. The van der Waals surface area contributed by atoms with Gasteiger partial charge in [-0.3, -0.25) is 0 Å². The maximum absolute atomic E-state index is 6.45. The van der Waals surface area contributed by atoms with E-state index in [1.807, 2.05) is 0 Å². The lowest BCUT2D eigenvalue weighted by Gasteiger charge is -2.08.